The van der Waals surface area contributed by atoms with Crippen molar-refractivity contribution in [2.45, 2.75) is 6.54 Å². The molecule has 0 saturated carbocycles. The molecule has 0 spiro atoms. The number of nitrogens with zero attached hydrogens (tertiary/aromatic N) is 1. The molecule has 0 radical (unpaired) electrons. The monoisotopic (exact) mass is 416 g/mol. The number of nitrogens with two attached hydrogens (primary N) is 1. The minimum atomic E-state index is 0.0184. The molecule has 0 atom stereocenters. The fourth-order valence-corrected chi connectivity index (χ4v) is 3.26. The molecular weight excluding hydrogens is 403 g/mol. The first kappa shape index (κ1) is 15.4. The Hall–Kier alpha value is -0.990. The number of thiocarbonyl (C=S) groups is 1. The Morgan fingerprint density at radius 2 is 2.15 bits per heavy atom. The molecule has 0 fully saturated rings. The van der Waals surface area contributed by atoms with E-state index in [0.29, 0.717) is 11.5 Å². The van der Waals surface area contributed by atoms with Crippen LogP contribution in [-0.2, 0) is 6.54 Å². The maximum atomic E-state index is 12.3. The summed E-state index contributed by atoms with van der Waals surface area (Å²) >= 11 is 8.74. The summed E-state index contributed by atoms with van der Waals surface area (Å²) in [7, 11) is 1.79. The lowest BCUT2D eigenvalue weighted by Gasteiger charge is -2.17. The Bertz CT molecular complexity index is 654. The van der Waals surface area contributed by atoms with Gasteiger partial charge in [0.1, 0.15) is 4.99 Å². The second-order valence-electron chi connectivity index (χ2n) is 4.37. The number of hydrogen-bond donors (Lipinski definition) is 1. The number of carbonyl (C=O) groups is 1. The summed E-state index contributed by atoms with van der Waals surface area (Å²) in [6.45, 7) is 0.529. The fraction of sp³-hybridized carbons (Fsp3) is 0.143. The van der Waals surface area contributed by atoms with Gasteiger partial charge in [-0.15, -0.1) is 11.3 Å². The highest BCUT2D eigenvalue weighted by Gasteiger charge is 2.13. The van der Waals surface area contributed by atoms with Crippen LogP contribution < -0.4 is 5.73 Å². The predicted molar refractivity (Wildman–Crippen MR) is 95.2 cm³/mol. The SMILES string of the molecule is CN(Cc1cccc(C(N)=S)c1)C(=O)c1csc(I)c1. The van der Waals surface area contributed by atoms with E-state index in [-0.39, 0.29) is 5.91 Å². The van der Waals surface area contributed by atoms with Gasteiger partial charge in [0.2, 0.25) is 0 Å². The Kier molecular flexibility index (Phi) is 5.11. The molecule has 0 aliphatic rings. The molecule has 0 aliphatic heterocycles. The van der Waals surface area contributed by atoms with Gasteiger partial charge in [-0.05, 0) is 40.3 Å². The molecule has 1 aromatic carbocycles. The summed E-state index contributed by atoms with van der Waals surface area (Å²) in [4.78, 5) is 14.3. The first-order valence-electron chi connectivity index (χ1n) is 5.85. The molecule has 1 aromatic heterocycles. The highest BCUT2D eigenvalue weighted by Crippen LogP contribution is 2.18. The van der Waals surface area contributed by atoms with Crippen molar-refractivity contribution in [2.75, 3.05) is 7.05 Å². The van der Waals surface area contributed by atoms with Gasteiger partial charge in [0.05, 0.1) is 8.45 Å². The quantitative estimate of drug-likeness (QED) is 0.615. The van der Waals surface area contributed by atoms with Crippen LogP contribution in [0.1, 0.15) is 21.5 Å². The van der Waals surface area contributed by atoms with Crippen molar-refractivity contribution in [3.63, 3.8) is 0 Å². The lowest BCUT2D eigenvalue weighted by atomic mass is 10.1. The zero-order valence-electron chi connectivity index (χ0n) is 10.8. The van der Waals surface area contributed by atoms with Gasteiger partial charge >= 0.3 is 0 Å². The molecule has 3 nitrogen and oxygen atoms in total. The van der Waals surface area contributed by atoms with Crippen LogP contribution in [0.5, 0.6) is 0 Å². The molecule has 0 unspecified atom stereocenters. The van der Waals surface area contributed by atoms with Crippen molar-refractivity contribution >= 4 is 57.0 Å². The molecule has 0 saturated heterocycles. The third kappa shape index (κ3) is 3.77. The molecule has 0 bridgehead atoms. The van der Waals surface area contributed by atoms with E-state index in [0.717, 1.165) is 19.6 Å². The summed E-state index contributed by atoms with van der Waals surface area (Å²) < 4.78 is 1.11. The van der Waals surface area contributed by atoms with Crippen LogP contribution in [0.2, 0.25) is 0 Å². The number of rotatable bonds is 4. The van der Waals surface area contributed by atoms with Crippen LogP contribution in [-0.4, -0.2) is 22.8 Å². The van der Waals surface area contributed by atoms with E-state index in [1.165, 1.54) is 0 Å². The van der Waals surface area contributed by atoms with Crippen molar-refractivity contribution in [3.05, 3.63) is 55.3 Å². The molecule has 2 N–H and O–H groups in total. The largest absolute Gasteiger partial charge is 0.389 e. The van der Waals surface area contributed by atoms with E-state index in [1.54, 1.807) is 23.3 Å². The summed E-state index contributed by atoms with van der Waals surface area (Å²) in [5, 5.41) is 1.88. The third-order valence-corrected chi connectivity index (χ3v) is 4.82. The Balaban J connectivity index is 2.11. The summed E-state index contributed by atoms with van der Waals surface area (Å²) in [5.41, 5.74) is 8.18. The highest BCUT2D eigenvalue weighted by atomic mass is 127. The lowest BCUT2D eigenvalue weighted by molar-refractivity contribution is 0.0785. The van der Waals surface area contributed by atoms with Crippen LogP contribution in [0.15, 0.2) is 35.7 Å². The average Bonchev–Trinajstić information content (AvgIpc) is 2.84. The molecule has 104 valence electrons. The summed E-state index contributed by atoms with van der Waals surface area (Å²) in [5.74, 6) is 0.0184. The second-order valence-corrected chi connectivity index (χ2v) is 7.61. The van der Waals surface area contributed by atoms with E-state index in [9.17, 15) is 4.79 Å². The van der Waals surface area contributed by atoms with Crippen molar-refractivity contribution in [1.29, 1.82) is 0 Å². The first-order valence-corrected chi connectivity index (χ1v) is 8.22. The van der Waals surface area contributed by atoms with Crippen LogP contribution in [0.3, 0.4) is 0 Å². The number of benzene rings is 1. The minimum absolute atomic E-state index is 0.0184. The zero-order valence-corrected chi connectivity index (χ0v) is 14.6. The lowest BCUT2D eigenvalue weighted by Crippen LogP contribution is -2.26. The molecule has 2 rings (SSSR count). The van der Waals surface area contributed by atoms with E-state index < -0.39 is 0 Å². The van der Waals surface area contributed by atoms with Crippen molar-refractivity contribution < 1.29 is 4.79 Å². The predicted octanol–water partition coefficient (Wildman–Crippen LogP) is 3.26. The van der Waals surface area contributed by atoms with Crippen molar-refractivity contribution in [1.82, 2.24) is 4.90 Å². The van der Waals surface area contributed by atoms with Crippen molar-refractivity contribution in [3.8, 4) is 0 Å². The molecule has 0 aliphatic carbocycles. The number of hydrogen-bond acceptors (Lipinski definition) is 3. The third-order valence-electron chi connectivity index (χ3n) is 2.79. The van der Waals surface area contributed by atoms with E-state index in [4.69, 9.17) is 18.0 Å². The van der Waals surface area contributed by atoms with Gasteiger partial charge in [0.25, 0.3) is 5.91 Å². The van der Waals surface area contributed by atoms with Gasteiger partial charge in [-0.1, -0.05) is 30.4 Å². The van der Waals surface area contributed by atoms with E-state index in [2.05, 4.69) is 22.6 Å². The molecular formula is C14H13IN2OS2. The minimum Gasteiger partial charge on any atom is -0.389 e. The van der Waals surface area contributed by atoms with Gasteiger partial charge < -0.3 is 10.6 Å². The molecule has 1 amide bonds. The smallest absolute Gasteiger partial charge is 0.254 e. The van der Waals surface area contributed by atoms with Gasteiger partial charge in [-0.2, -0.15) is 0 Å². The van der Waals surface area contributed by atoms with E-state index >= 15 is 0 Å². The topological polar surface area (TPSA) is 46.3 Å². The molecule has 6 heteroatoms. The van der Waals surface area contributed by atoms with Crippen molar-refractivity contribution in [2.24, 2.45) is 5.73 Å². The van der Waals surface area contributed by atoms with Crippen LogP contribution in [0, 0.1) is 2.88 Å². The maximum absolute atomic E-state index is 12.3. The number of halogens is 1. The van der Waals surface area contributed by atoms with Crippen LogP contribution >= 0.6 is 46.1 Å². The van der Waals surface area contributed by atoms with Gasteiger partial charge in [-0.25, -0.2) is 0 Å². The average molecular weight is 416 g/mol. The Morgan fingerprint density at radius 3 is 2.75 bits per heavy atom. The van der Waals surface area contributed by atoms with Crippen LogP contribution in [0.25, 0.3) is 0 Å². The highest BCUT2D eigenvalue weighted by molar-refractivity contribution is 14.1. The van der Waals surface area contributed by atoms with Gasteiger partial charge in [0, 0.05) is 24.5 Å². The zero-order chi connectivity index (χ0) is 14.7. The van der Waals surface area contributed by atoms with Gasteiger partial charge in [-0.3, -0.25) is 4.79 Å². The number of thiophene rings is 1. The summed E-state index contributed by atoms with van der Waals surface area (Å²) in [6.07, 6.45) is 0. The summed E-state index contributed by atoms with van der Waals surface area (Å²) in [6, 6.07) is 9.55. The first-order chi connectivity index (χ1) is 9.47. The maximum Gasteiger partial charge on any atom is 0.254 e. The van der Waals surface area contributed by atoms with E-state index in [1.807, 2.05) is 35.7 Å². The van der Waals surface area contributed by atoms with Gasteiger partial charge in [0.15, 0.2) is 0 Å². The second kappa shape index (κ2) is 6.64. The fourth-order valence-electron chi connectivity index (χ4n) is 1.81. The Morgan fingerprint density at radius 1 is 1.40 bits per heavy atom. The molecule has 1 heterocycles. The normalized spacial score (nSPS) is 10.3. The molecule has 20 heavy (non-hydrogen) atoms. The number of amides is 1. The van der Waals surface area contributed by atoms with Crippen LogP contribution in [0.4, 0.5) is 0 Å². The standard InChI is InChI=1S/C14H13IN2OS2/c1-17(14(18)11-6-12(15)20-8-11)7-9-3-2-4-10(5-9)13(16)19/h2-6,8H,7H2,1H3,(H2,16,19). The Labute approximate surface area is 140 Å². The number of carbonyl (C=O) groups excluding carboxylic acids is 1. The molecule has 2 aromatic rings.